The molecule has 0 radical (unpaired) electrons. The van der Waals surface area contributed by atoms with Gasteiger partial charge in [-0.05, 0) is 36.2 Å². The van der Waals surface area contributed by atoms with Gasteiger partial charge in [0.05, 0.1) is 0 Å². The van der Waals surface area contributed by atoms with E-state index in [0.717, 1.165) is 5.56 Å². The fourth-order valence-corrected chi connectivity index (χ4v) is 1.87. The van der Waals surface area contributed by atoms with Crippen LogP contribution in [-0.2, 0) is 11.2 Å². The number of carboxylic acid groups (broad SMARTS) is 1. The minimum atomic E-state index is -0.838. The van der Waals surface area contributed by atoms with Gasteiger partial charge in [0.25, 0.3) is 0 Å². The smallest absolute Gasteiger partial charge is 0.323 e. The Morgan fingerprint density at radius 3 is 2.29 bits per heavy atom. The molecule has 5 heteroatoms. The summed E-state index contributed by atoms with van der Waals surface area (Å²) < 4.78 is 0. The van der Waals surface area contributed by atoms with Gasteiger partial charge in [-0.25, -0.2) is 4.79 Å². The Kier molecular flexibility index (Phi) is 4.93. The van der Waals surface area contributed by atoms with Crippen molar-refractivity contribution in [3.63, 3.8) is 0 Å². The number of carbonyl (C=O) groups is 2. The van der Waals surface area contributed by atoms with Gasteiger partial charge in [-0.3, -0.25) is 4.79 Å². The Hall–Kier alpha value is -2.82. The highest BCUT2D eigenvalue weighted by atomic mass is 16.4. The van der Waals surface area contributed by atoms with E-state index in [1.807, 2.05) is 24.3 Å². The Bertz CT molecular complexity index is 626. The molecule has 0 unspecified atom stereocenters. The highest BCUT2D eigenvalue weighted by Crippen LogP contribution is 2.13. The predicted octanol–water partition coefficient (Wildman–Crippen LogP) is 3.35. The molecule has 2 aromatic carbocycles. The summed E-state index contributed by atoms with van der Waals surface area (Å²) >= 11 is 0. The van der Waals surface area contributed by atoms with E-state index in [-0.39, 0.29) is 12.5 Å². The van der Waals surface area contributed by atoms with E-state index in [0.29, 0.717) is 17.8 Å². The average molecular weight is 284 g/mol. The molecule has 0 bridgehead atoms. The minimum Gasteiger partial charge on any atom is -0.481 e. The first kappa shape index (κ1) is 14.6. The lowest BCUT2D eigenvalue weighted by Crippen LogP contribution is -2.19. The van der Waals surface area contributed by atoms with Gasteiger partial charge in [0.1, 0.15) is 0 Å². The molecule has 0 saturated heterocycles. The Balaban J connectivity index is 1.94. The van der Waals surface area contributed by atoms with Crippen molar-refractivity contribution in [1.29, 1.82) is 0 Å². The Labute approximate surface area is 122 Å². The summed E-state index contributed by atoms with van der Waals surface area (Å²) in [6.07, 6.45) is 0.505. The first-order chi connectivity index (χ1) is 10.1. The normalized spacial score (nSPS) is 9.90. The number of hydrogen-bond acceptors (Lipinski definition) is 2. The molecule has 0 aliphatic heterocycles. The molecule has 2 rings (SSSR count). The summed E-state index contributed by atoms with van der Waals surface area (Å²) in [5, 5.41) is 14.1. The van der Waals surface area contributed by atoms with Gasteiger partial charge in [0.15, 0.2) is 0 Å². The maximum Gasteiger partial charge on any atom is 0.323 e. The standard InChI is InChI=1S/C16H16N2O3/c19-15(20)10-9-12-5-4-8-14(11-12)18-16(21)17-13-6-2-1-3-7-13/h1-8,11H,9-10H2,(H,19,20)(H2,17,18,21). The van der Waals surface area contributed by atoms with Crippen LogP contribution in [0.2, 0.25) is 0 Å². The number of rotatable bonds is 5. The topological polar surface area (TPSA) is 78.4 Å². The number of aryl methyl sites for hydroxylation is 1. The number of para-hydroxylation sites is 1. The maximum absolute atomic E-state index is 11.8. The number of anilines is 2. The van der Waals surface area contributed by atoms with Crippen LogP contribution in [0.5, 0.6) is 0 Å². The zero-order chi connectivity index (χ0) is 15.1. The Morgan fingerprint density at radius 2 is 1.57 bits per heavy atom. The summed E-state index contributed by atoms with van der Waals surface area (Å²) in [6.45, 7) is 0. The lowest BCUT2D eigenvalue weighted by atomic mass is 10.1. The second-order valence-corrected chi connectivity index (χ2v) is 4.54. The van der Waals surface area contributed by atoms with Gasteiger partial charge in [0.2, 0.25) is 0 Å². The summed E-state index contributed by atoms with van der Waals surface area (Å²) in [5.41, 5.74) is 2.21. The molecular weight excluding hydrogens is 268 g/mol. The van der Waals surface area contributed by atoms with Crippen LogP contribution < -0.4 is 10.6 Å². The average Bonchev–Trinajstić information content (AvgIpc) is 2.46. The summed E-state index contributed by atoms with van der Waals surface area (Å²) in [6, 6.07) is 15.9. The van der Waals surface area contributed by atoms with Crippen molar-refractivity contribution in [1.82, 2.24) is 0 Å². The van der Waals surface area contributed by atoms with Gasteiger partial charge in [-0.1, -0.05) is 30.3 Å². The van der Waals surface area contributed by atoms with Crippen LogP contribution in [0.4, 0.5) is 16.2 Å². The van der Waals surface area contributed by atoms with Crippen molar-refractivity contribution in [2.24, 2.45) is 0 Å². The van der Waals surface area contributed by atoms with Crippen molar-refractivity contribution >= 4 is 23.4 Å². The third kappa shape index (κ3) is 4.99. The maximum atomic E-state index is 11.8. The van der Waals surface area contributed by atoms with E-state index in [9.17, 15) is 9.59 Å². The van der Waals surface area contributed by atoms with Crippen molar-refractivity contribution in [3.8, 4) is 0 Å². The lowest BCUT2D eigenvalue weighted by molar-refractivity contribution is -0.136. The molecule has 108 valence electrons. The van der Waals surface area contributed by atoms with Crippen LogP contribution in [0, 0.1) is 0 Å². The first-order valence-corrected chi connectivity index (χ1v) is 6.57. The molecule has 0 saturated carbocycles. The molecular formula is C16H16N2O3. The number of hydrogen-bond donors (Lipinski definition) is 3. The van der Waals surface area contributed by atoms with Crippen LogP contribution in [0.15, 0.2) is 54.6 Å². The van der Waals surface area contributed by atoms with Crippen molar-refractivity contribution in [3.05, 3.63) is 60.2 Å². The first-order valence-electron chi connectivity index (χ1n) is 6.57. The van der Waals surface area contributed by atoms with E-state index in [2.05, 4.69) is 10.6 Å². The van der Waals surface area contributed by atoms with E-state index in [4.69, 9.17) is 5.11 Å². The van der Waals surface area contributed by atoms with E-state index in [1.165, 1.54) is 0 Å². The molecule has 3 N–H and O–H groups in total. The predicted molar refractivity (Wildman–Crippen MR) is 81.5 cm³/mol. The zero-order valence-corrected chi connectivity index (χ0v) is 11.4. The van der Waals surface area contributed by atoms with Crippen LogP contribution in [0.25, 0.3) is 0 Å². The van der Waals surface area contributed by atoms with Gasteiger partial charge in [-0.2, -0.15) is 0 Å². The third-order valence-corrected chi connectivity index (χ3v) is 2.84. The molecule has 0 aliphatic rings. The van der Waals surface area contributed by atoms with Gasteiger partial charge in [0, 0.05) is 17.8 Å². The van der Waals surface area contributed by atoms with Gasteiger partial charge in [-0.15, -0.1) is 0 Å². The Morgan fingerprint density at radius 1 is 0.905 bits per heavy atom. The minimum absolute atomic E-state index is 0.0691. The largest absolute Gasteiger partial charge is 0.481 e. The van der Waals surface area contributed by atoms with E-state index < -0.39 is 5.97 Å². The van der Waals surface area contributed by atoms with Crippen molar-refractivity contribution in [2.75, 3.05) is 10.6 Å². The molecule has 0 atom stereocenters. The summed E-state index contributed by atoms with van der Waals surface area (Å²) in [4.78, 5) is 22.4. The highest BCUT2D eigenvalue weighted by molar-refractivity contribution is 5.99. The second-order valence-electron chi connectivity index (χ2n) is 4.54. The number of benzene rings is 2. The van der Waals surface area contributed by atoms with E-state index >= 15 is 0 Å². The number of carboxylic acids is 1. The van der Waals surface area contributed by atoms with Crippen molar-refractivity contribution in [2.45, 2.75) is 12.8 Å². The molecule has 5 nitrogen and oxygen atoms in total. The van der Waals surface area contributed by atoms with Crippen LogP contribution >= 0.6 is 0 Å². The number of nitrogens with one attached hydrogen (secondary N) is 2. The third-order valence-electron chi connectivity index (χ3n) is 2.84. The fourth-order valence-electron chi connectivity index (χ4n) is 1.87. The number of amides is 2. The number of urea groups is 1. The molecule has 2 amide bonds. The fraction of sp³-hybridized carbons (Fsp3) is 0.125. The number of carbonyl (C=O) groups excluding carboxylic acids is 1. The second kappa shape index (κ2) is 7.09. The van der Waals surface area contributed by atoms with Gasteiger partial charge < -0.3 is 15.7 Å². The van der Waals surface area contributed by atoms with E-state index in [1.54, 1.807) is 30.3 Å². The van der Waals surface area contributed by atoms with Gasteiger partial charge >= 0.3 is 12.0 Å². The molecule has 21 heavy (non-hydrogen) atoms. The lowest BCUT2D eigenvalue weighted by Gasteiger charge is -2.08. The molecule has 0 aliphatic carbocycles. The molecule has 0 heterocycles. The van der Waals surface area contributed by atoms with Crippen LogP contribution in [0.3, 0.4) is 0 Å². The molecule has 0 spiro atoms. The van der Waals surface area contributed by atoms with Crippen LogP contribution in [-0.4, -0.2) is 17.1 Å². The summed E-state index contributed by atoms with van der Waals surface area (Å²) in [5.74, 6) is -0.838. The molecule has 2 aromatic rings. The quantitative estimate of drug-likeness (QED) is 0.787. The monoisotopic (exact) mass is 284 g/mol. The van der Waals surface area contributed by atoms with Crippen molar-refractivity contribution < 1.29 is 14.7 Å². The number of aliphatic carboxylic acids is 1. The molecule has 0 fully saturated rings. The SMILES string of the molecule is O=C(O)CCc1cccc(NC(=O)Nc2ccccc2)c1. The summed E-state index contributed by atoms with van der Waals surface area (Å²) in [7, 11) is 0. The highest BCUT2D eigenvalue weighted by Gasteiger charge is 2.04. The van der Waals surface area contributed by atoms with Crippen LogP contribution in [0.1, 0.15) is 12.0 Å². The zero-order valence-electron chi connectivity index (χ0n) is 11.4. The molecule has 0 aromatic heterocycles.